The van der Waals surface area contributed by atoms with Crippen LogP contribution >= 0.6 is 0 Å². The van der Waals surface area contributed by atoms with Gasteiger partial charge in [0.15, 0.2) is 0 Å². The van der Waals surface area contributed by atoms with Crippen molar-refractivity contribution in [2.45, 2.75) is 0 Å². The van der Waals surface area contributed by atoms with Crippen molar-refractivity contribution in [2.75, 3.05) is 6.54 Å². The van der Waals surface area contributed by atoms with Crippen molar-refractivity contribution in [3.05, 3.63) is 31.4 Å². The number of nitrogens with zero attached hydrogens (tertiary/aromatic N) is 2. The Balaban J connectivity index is 3.60. The van der Waals surface area contributed by atoms with Gasteiger partial charge in [-0.1, -0.05) is 18.7 Å². The second kappa shape index (κ2) is 7.60. The van der Waals surface area contributed by atoms with Crippen LogP contribution in [0.25, 0.3) is 0 Å². The van der Waals surface area contributed by atoms with Crippen LogP contribution in [0, 0.1) is 0 Å². The van der Waals surface area contributed by atoms with Crippen LogP contribution in [-0.2, 0) is 0 Å². The van der Waals surface area contributed by atoms with Gasteiger partial charge >= 0.3 is 0 Å². The van der Waals surface area contributed by atoms with E-state index >= 15 is 0 Å². The van der Waals surface area contributed by atoms with E-state index in [0.29, 0.717) is 6.54 Å². The number of hydrogen-bond donors (Lipinski definition) is 0. The maximum Gasteiger partial charge on any atom is 0.120 e. The van der Waals surface area contributed by atoms with E-state index in [4.69, 9.17) is 0 Å². The van der Waals surface area contributed by atoms with Crippen molar-refractivity contribution in [2.24, 2.45) is 9.98 Å². The third kappa shape index (κ3) is 6.60. The Hall–Kier alpha value is -1.40. The summed E-state index contributed by atoms with van der Waals surface area (Å²) < 4.78 is 0. The normalized spacial score (nSPS) is 8.40. The Morgan fingerprint density at radius 1 is 1.40 bits per heavy atom. The fraction of sp³-hybridized carbons (Fsp3) is 0.125. The number of aliphatic imine (C=N–C) groups is 2. The summed E-state index contributed by atoms with van der Waals surface area (Å²) >= 11 is 0. The lowest BCUT2D eigenvalue weighted by Gasteiger charge is -1.73. The third-order valence-corrected chi connectivity index (χ3v) is 0.641. The molecule has 0 rings (SSSR count). The maximum atomic E-state index is 3.84. The van der Waals surface area contributed by atoms with Crippen LogP contribution in [0.1, 0.15) is 0 Å². The van der Waals surface area contributed by atoms with E-state index < -0.39 is 0 Å². The van der Waals surface area contributed by atoms with Crippen molar-refractivity contribution in [3.8, 4) is 0 Å². The topological polar surface area (TPSA) is 24.7 Å². The second-order valence-corrected chi connectivity index (χ2v) is 1.43. The van der Waals surface area contributed by atoms with Gasteiger partial charge in [-0.15, -0.1) is 6.58 Å². The molecule has 0 aromatic heterocycles. The van der Waals surface area contributed by atoms with Crippen LogP contribution in [0.2, 0.25) is 0 Å². The third-order valence-electron chi connectivity index (χ3n) is 0.641. The molecule has 0 atom stereocenters. The second-order valence-electron chi connectivity index (χ2n) is 1.43. The molecule has 0 unspecified atom stereocenters. The van der Waals surface area contributed by atoms with Crippen LogP contribution in [0.4, 0.5) is 0 Å². The first-order chi connectivity index (χ1) is 4.91. The largest absolute Gasteiger partial charge is 0.269 e. The molecule has 2 nitrogen and oxygen atoms in total. The molecule has 0 aromatic rings. The predicted molar refractivity (Wildman–Crippen MR) is 45.8 cm³/mol. The Bertz CT molecular complexity index is 183. The van der Waals surface area contributed by atoms with Crippen molar-refractivity contribution in [3.63, 3.8) is 0 Å². The predicted octanol–water partition coefficient (Wildman–Crippen LogP) is 1.61. The molecule has 0 saturated heterocycles. The molecule has 0 saturated carbocycles. The summed E-state index contributed by atoms with van der Waals surface area (Å²) in [5, 5.41) is 0. The van der Waals surface area contributed by atoms with Crippen molar-refractivity contribution >= 4 is 12.2 Å². The summed E-state index contributed by atoms with van der Waals surface area (Å²) in [6, 6.07) is 0. The molecule has 0 aliphatic rings. The van der Waals surface area contributed by atoms with Crippen LogP contribution in [0.3, 0.4) is 0 Å². The molecular formula is C8H10N2. The highest BCUT2D eigenvalue weighted by Gasteiger charge is 1.62. The number of rotatable bonds is 4. The first-order valence-corrected chi connectivity index (χ1v) is 2.90. The van der Waals surface area contributed by atoms with E-state index in [1.165, 1.54) is 6.34 Å². The van der Waals surface area contributed by atoms with E-state index in [9.17, 15) is 0 Å². The van der Waals surface area contributed by atoms with Gasteiger partial charge in [-0.3, -0.25) is 4.99 Å². The van der Waals surface area contributed by atoms with Gasteiger partial charge in [0.1, 0.15) is 6.34 Å². The standard InChI is InChI=1S/C8H10N2/c1-3-5-7-10-8-9-6-4-2/h3-5,8H,1-2,6H2. The molecule has 0 spiro atoms. The first kappa shape index (κ1) is 8.60. The summed E-state index contributed by atoms with van der Waals surface area (Å²) in [5.41, 5.74) is 0. The fourth-order valence-corrected chi connectivity index (χ4v) is 0.292. The summed E-state index contributed by atoms with van der Waals surface area (Å²) in [6.45, 7) is 7.55. The highest BCUT2D eigenvalue weighted by atomic mass is 14.8. The van der Waals surface area contributed by atoms with Gasteiger partial charge in [-0.2, -0.15) is 4.99 Å². The minimum absolute atomic E-state index is 0.596. The van der Waals surface area contributed by atoms with Gasteiger partial charge in [-0.25, -0.2) is 0 Å². The van der Waals surface area contributed by atoms with E-state index in [1.807, 2.05) is 0 Å². The molecule has 0 heterocycles. The zero-order valence-electron chi connectivity index (χ0n) is 5.83. The lowest BCUT2D eigenvalue weighted by Crippen LogP contribution is -1.70. The van der Waals surface area contributed by atoms with Crippen molar-refractivity contribution < 1.29 is 0 Å². The first-order valence-electron chi connectivity index (χ1n) is 2.90. The zero-order chi connectivity index (χ0) is 7.66. The highest BCUT2D eigenvalue weighted by molar-refractivity contribution is 5.69. The minimum Gasteiger partial charge on any atom is -0.269 e. The molecule has 10 heavy (non-hydrogen) atoms. The van der Waals surface area contributed by atoms with Crippen LogP contribution in [-0.4, -0.2) is 18.8 Å². The van der Waals surface area contributed by atoms with Gasteiger partial charge in [0, 0.05) is 0 Å². The average molecular weight is 134 g/mol. The molecule has 0 aliphatic heterocycles. The summed E-state index contributed by atoms with van der Waals surface area (Å²) in [6.07, 6.45) is 6.34. The molecule has 2 heteroatoms. The summed E-state index contributed by atoms with van der Waals surface area (Å²) in [4.78, 5) is 7.52. The van der Waals surface area contributed by atoms with E-state index in [0.717, 1.165) is 0 Å². The monoisotopic (exact) mass is 134 g/mol. The smallest absolute Gasteiger partial charge is 0.120 e. The quantitative estimate of drug-likeness (QED) is 0.241. The molecule has 0 radical (unpaired) electrons. The lowest BCUT2D eigenvalue weighted by atomic mass is 10.6. The average Bonchev–Trinajstić information content (AvgIpc) is 1.97. The van der Waals surface area contributed by atoms with Crippen LogP contribution in [0.5, 0.6) is 0 Å². The molecule has 0 aliphatic carbocycles. The fourth-order valence-electron chi connectivity index (χ4n) is 0.292. The molecule has 0 N–H and O–H groups in total. The van der Waals surface area contributed by atoms with Gasteiger partial charge in [0.05, 0.1) is 6.54 Å². The van der Waals surface area contributed by atoms with Gasteiger partial charge < -0.3 is 0 Å². The van der Waals surface area contributed by atoms with Crippen LogP contribution < -0.4 is 0 Å². The number of allylic oxidation sites excluding steroid dienone is 2. The Labute approximate surface area is 61.0 Å². The van der Waals surface area contributed by atoms with Gasteiger partial charge in [-0.05, 0) is 11.9 Å². The molecule has 0 amide bonds. The minimum atomic E-state index is 0.596. The van der Waals surface area contributed by atoms with Crippen molar-refractivity contribution in [1.82, 2.24) is 0 Å². The lowest BCUT2D eigenvalue weighted by molar-refractivity contribution is 1.26. The molecule has 0 aromatic carbocycles. The Morgan fingerprint density at radius 3 is 2.80 bits per heavy atom. The maximum absolute atomic E-state index is 3.84. The zero-order valence-corrected chi connectivity index (χ0v) is 5.83. The van der Waals surface area contributed by atoms with Gasteiger partial charge in [0.25, 0.3) is 0 Å². The Morgan fingerprint density at radius 2 is 2.20 bits per heavy atom. The molecule has 0 fully saturated rings. The summed E-state index contributed by atoms with van der Waals surface area (Å²) in [7, 11) is 0. The SMILES string of the molecule is C=CC=C=NC=NCC=C. The van der Waals surface area contributed by atoms with Gasteiger partial charge in [0.2, 0.25) is 0 Å². The molecular weight excluding hydrogens is 124 g/mol. The highest BCUT2D eigenvalue weighted by Crippen LogP contribution is 1.67. The Kier molecular flexibility index (Phi) is 6.54. The van der Waals surface area contributed by atoms with Crippen molar-refractivity contribution in [1.29, 1.82) is 0 Å². The molecule has 0 bridgehead atoms. The molecule has 52 valence electrons. The number of hydrogen-bond acceptors (Lipinski definition) is 1. The summed E-state index contributed by atoms with van der Waals surface area (Å²) in [5.74, 6) is 2.59. The van der Waals surface area contributed by atoms with E-state index in [2.05, 4.69) is 29.0 Å². The van der Waals surface area contributed by atoms with E-state index in [1.54, 1.807) is 18.2 Å². The van der Waals surface area contributed by atoms with E-state index in [-0.39, 0.29) is 0 Å². The van der Waals surface area contributed by atoms with Crippen LogP contribution in [0.15, 0.2) is 41.4 Å².